The molecule has 2 aromatic rings. The van der Waals surface area contributed by atoms with Gasteiger partial charge in [-0.25, -0.2) is 4.58 Å². The van der Waals surface area contributed by atoms with E-state index in [1.807, 2.05) is 53.2 Å². The number of carbonyl (C=O) groups excluding carboxylic acids is 1. The monoisotopic (exact) mass is 331 g/mol. The summed E-state index contributed by atoms with van der Waals surface area (Å²) in [5.41, 5.74) is 2.02. The Morgan fingerprint density at radius 2 is 1.92 bits per heavy atom. The van der Waals surface area contributed by atoms with E-state index in [-0.39, 0.29) is 12.3 Å². The molecule has 2 unspecified atom stereocenters. The molecule has 4 rings (SSSR count). The van der Waals surface area contributed by atoms with Crippen molar-refractivity contribution in [1.29, 1.82) is 0 Å². The first-order valence-electron chi connectivity index (χ1n) is 8.44. The molecule has 124 valence electrons. The average Bonchev–Trinajstić information content (AvgIpc) is 2.68. The molecule has 0 aromatic heterocycles. The molecule has 2 aromatic carbocycles. The predicted octanol–water partition coefficient (Wildman–Crippen LogP) is 3.50. The van der Waals surface area contributed by atoms with Gasteiger partial charge < -0.3 is 4.74 Å². The molecule has 0 amide bonds. The van der Waals surface area contributed by atoms with E-state index in [1.165, 1.54) is 5.56 Å². The second kappa shape index (κ2) is 6.85. The van der Waals surface area contributed by atoms with Crippen molar-refractivity contribution in [2.45, 2.75) is 18.4 Å². The van der Waals surface area contributed by atoms with Crippen LogP contribution in [-0.4, -0.2) is 35.4 Å². The van der Waals surface area contributed by atoms with Gasteiger partial charge in [0.2, 0.25) is 12.3 Å². The van der Waals surface area contributed by atoms with Crippen LogP contribution in [0, 0.1) is 0 Å². The Morgan fingerprint density at radius 1 is 1.12 bits per heavy atom. The standard InChI is InChI=1S/C21H19N2O2/c24-19(21-13-22-18-10-4-5-11-20(18)25-21)15-23-12-6-9-17(14-23)16-7-2-1-3-8-16/h1-8,10-14,17,21H,9,15H2/q+1. The first-order valence-corrected chi connectivity index (χ1v) is 8.44. The van der Waals surface area contributed by atoms with Crippen LogP contribution in [0.25, 0.3) is 0 Å². The number of aliphatic imine (C=N–C) groups is 1. The number of para-hydroxylation sites is 2. The van der Waals surface area contributed by atoms with Gasteiger partial charge in [0, 0.05) is 0 Å². The van der Waals surface area contributed by atoms with E-state index in [4.69, 9.17) is 4.74 Å². The summed E-state index contributed by atoms with van der Waals surface area (Å²) in [5, 5.41) is 0. The highest BCUT2D eigenvalue weighted by Gasteiger charge is 2.27. The molecule has 4 nitrogen and oxygen atoms in total. The summed E-state index contributed by atoms with van der Waals surface area (Å²) < 4.78 is 7.73. The number of ketones is 1. The number of benzene rings is 2. The number of rotatable bonds is 4. The molecule has 2 aliphatic rings. The molecule has 2 atom stereocenters. The number of Topliss-reactive ketones (excluding diaryl/α,β-unsaturated/α-hetero) is 1. The van der Waals surface area contributed by atoms with Gasteiger partial charge in [0.25, 0.3) is 0 Å². The van der Waals surface area contributed by atoms with Crippen molar-refractivity contribution in [2.24, 2.45) is 4.99 Å². The second-order valence-corrected chi connectivity index (χ2v) is 6.21. The summed E-state index contributed by atoms with van der Waals surface area (Å²) >= 11 is 0. The van der Waals surface area contributed by atoms with E-state index < -0.39 is 6.10 Å². The number of nitrogens with zero attached hydrogens (tertiary/aromatic N) is 2. The Balaban J connectivity index is 1.46. The highest BCUT2D eigenvalue weighted by molar-refractivity contribution is 6.00. The lowest BCUT2D eigenvalue weighted by Gasteiger charge is -2.19. The zero-order valence-corrected chi connectivity index (χ0v) is 13.8. The maximum Gasteiger partial charge on any atom is 0.243 e. The second-order valence-electron chi connectivity index (χ2n) is 6.21. The Labute approximate surface area is 146 Å². The summed E-state index contributed by atoms with van der Waals surface area (Å²) in [6, 6.07) is 17.8. The molecule has 0 bridgehead atoms. The van der Waals surface area contributed by atoms with Gasteiger partial charge in [0.1, 0.15) is 11.4 Å². The normalized spacial score (nSPS) is 21.2. The van der Waals surface area contributed by atoms with E-state index >= 15 is 0 Å². The summed E-state index contributed by atoms with van der Waals surface area (Å²) in [6.45, 7) is 0.276. The number of hydrogen-bond acceptors (Lipinski definition) is 3. The van der Waals surface area contributed by atoms with Crippen molar-refractivity contribution in [3.63, 3.8) is 0 Å². The van der Waals surface area contributed by atoms with Crippen LogP contribution >= 0.6 is 0 Å². The van der Waals surface area contributed by atoms with E-state index in [0.29, 0.717) is 11.7 Å². The van der Waals surface area contributed by atoms with Crippen LogP contribution in [0.5, 0.6) is 5.75 Å². The summed E-state index contributed by atoms with van der Waals surface area (Å²) in [6.07, 6.45) is 8.09. The summed E-state index contributed by atoms with van der Waals surface area (Å²) in [5.74, 6) is 0.942. The Bertz CT molecular complexity index is 868. The maximum absolute atomic E-state index is 12.6. The third-order valence-electron chi connectivity index (χ3n) is 4.41. The SMILES string of the molecule is O=C(C[N+]1=CC(c2ccccc2)CC=C1)C1C=Nc2ccccc2O1. The van der Waals surface area contributed by atoms with Crippen LogP contribution in [-0.2, 0) is 4.79 Å². The largest absolute Gasteiger partial charge is 0.474 e. The van der Waals surface area contributed by atoms with Gasteiger partial charge in [-0.2, -0.15) is 0 Å². The zero-order valence-electron chi connectivity index (χ0n) is 13.8. The molecule has 0 N–H and O–H groups in total. The van der Waals surface area contributed by atoms with Crippen LogP contribution < -0.4 is 4.74 Å². The molecule has 0 radical (unpaired) electrons. The van der Waals surface area contributed by atoms with Crippen LogP contribution in [0.3, 0.4) is 0 Å². The smallest absolute Gasteiger partial charge is 0.243 e. The van der Waals surface area contributed by atoms with Crippen molar-refractivity contribution in [3.8, 4) is 5.75 Å². The number of ether oxygens (including phenoxy) is 1. The quantitative estimate of drug-likeness (QED) is 0.805. The van der Waals surface area contributed by atoms with Crippen LogP contribution in [0.4, 0.5) is 5.69 Å². The maximum atomic E-state index is 12.6. The minimum absolute atomic E-state index is 0.00661. The van der Waals surface area contributed by atoms with E-state index in [2.05, 4.69) is 29.4 Å². The number of allylic oxidation sites excluding steroid dienone is 1. The van der Waals surface area contributed by atoms with Gasteiger partial charge in [-0.05, 0) is 30.2 Å². The topological polar surface area (TPSA) is 41.7 Å². The molecule has 4 heteroatoms. The molecule has 0 aliphatic carbocycles. The highest BCUT2D eigenvalue weighted by Crippen LogP contribution is 2.30. The third kappa shape index (κ3) is 3.43. The summed E-state index contributed by atoms with van der Waals surface area (Å²) in [7, 11) is 0. The predicted molar refractivity (Wildman–Crippen MR) is 98.1 cm³/mol. The molecular formula is C21H19N2O2+. The summed E-state index contributed by atoms with van der Waals surface area (Å²) in [4.78, 5) is 16.9. The molecule has 2 aliphatic heterocycles. The molecule has 0 saturated carbocycles. The van der Waals surface area contributed by atoms with Crippen LogP contribution in [0.1, 0.15) is 17.9 Å². The van der Waals surface area contributed by atoms with Gasteiger partial charge in [-0.1, -0.05) is 42.5 Å². The minimum atomic E-state index is -0.631. The van der Waals surface area contributed by atoms with Crippen LogP contribution in [0.15, 0.2) is 71.9 Å². The van der Waals surface area contributed by atoms with Crippen molar-refractivity contribution in [2.75, 3.05) is 6.54 Å². The average molecular weight is 331 g/mol. The molecule has 0 fully saturated rings. The van der Waals surface area contributed by atoms with E-state index in [1.54, 1.807) is 6.21 Å². The lowest BCUT2D eigenvalue weighted by molar-refractivity contribution is -0.443. The van der Waals surface area contributed by atoms with Crippen molar-refractivity contribution in [3.05, 3.63) is 72.4 Å². The van der Waals surface area contributed by atoms with Gasteiger partial charge >= 0.3 is 0 Å². The lowest BCUT2D eigenvalue weighted by Crippen LogP contribution is -2.36. The van der Waals surface area contributed by atoms with Crippen molar-refractivity contribution >= 4 is 23.9 Å². The number of carbonyl (C=O) groups is 1. The first kappa shape index (κ1) is 15.5. The fourth-order valence-corrected chi connectivity index (χ4v) is 3.11. The zero-order chi connectivity index (χ0) is 17.1. The fourth-order valence-electron chi connectivity index (χ4n) is 3.11. The fraction of sp³-hybridized carbons (Fsp3) is 0.190. The van der Waals surface area contributed by atoms with Gasteiger partial charge in [0.05, 0.1) is 12.1 Å². The molecule has 2 heterocycles. The van der Waals surface area contributed by atoms with Crippen LogP contribution in [0.2, 0.25) is 0 Å². The Kier molecular flexibility index (Phi) is 4.25. The van der Waals surface area contributed by atoms with Gasteiger partial charge in [0.15, 0.2) is 18.5 Å². The molecule has 25 heavy (non-hydrogen) atoms. The minimum Gasteiger partial charge on any atom is -0.474 e. The van der Waals surface area contributed by atoms with Gasteiger partial charge in [-0.15, -0.1) is 0 Å². The Hall–Kier alpha value is -3.01. The molecule has 0 saturated heterocycles. The third-order valence-corrected chi connectivity index (χ3v) is 4.41. The van der Waals surface area contributed by atoms with E-state index in [9.17, 15) is 4.79 Å². The first-order chi connectivity index (χ1) is 12.3. The number of fused-ring (bicyclic) bond motifs is 1. The molecule has 0 spiro atoms. The number of hydrogen-bond donors (Lipinski definition) is 0. The van der Waals surface area contributed by atoms with Crippen molar-refractivity contribution < 1.29 is 14.1 Å². The highest BCUT2D eigenvalue weighted by atomic mass is 16.5. The molecular weight excluding hydrogens is 312 g/mol. The van der Waals surface area contributed by atoms with Crippen molar-refractivity contribution in [1.82, 2.24) is 0 Å². The van der Waals surface area contributed by atoms with E-state index in [0.717, 1.165) is 12.1 Å². The van der Waals surface area contributed by atoms with Gasteiger partial charge in [-0.3, -0.25) is 9.79 Å². The Morgan fingerprint density at radius 3 is 2.80 bits per heavy atom. The lowest BCUT2D eigenvalue weighted by atomic mass is 9.95.